The van der Waals surface area contributed by atoms with Crippen LogP contribution in [0.1, 0.15) is 6.42 Å². The van der Waals surface area contributed by atoms with Gasteiger partial charge in [0, 0.05) is 12.3 Å². The lowest BCUT2D eigenvalue weighted by Crippen LogP contribution is -2.05. The minimum atomic E-state index is -1.16. The summed E-state index contributed by atoms with van der Waals surface area (Å²) in [5.74, 6) is 3.23. The normalized spacial score (nSPS) is 10.7. The Bertz CT molecular complexity index is 880. The molecule has 0 saturated heterocycles. The molecule has 0 heterocycles. The molecule has 0 atom stereocenters. The molecule has 0 aliphatic carbocycles. The minimum Gasteiger partial charge on any atom is -0.439 e. The second kappa shape index (κ2) is 12.8. The van der Waals surface area contributed by atoms with Gasteiger partial charge >= 0.3 is 0 Å². The van der Waals surface area contributed by atoms with Gasteiger partial charge in [0.1, 0.15) is 23.0 Å². The third-order valence-corrected chi connectivity index (χ3v) is 7.50. The van der Waals surface area contributed by atoms with Crippen molar-refractivity contribution in [3.8, 4) is 23.0 Å². The van der Waals surface area contributed by atoms with Crippen LogP contribution in [0, 0.1) is 0 Å². The smallest absolute Gasteiger partial charge is 0.290 e. The molecule has 0 aliphatic heterocycles. The number of hydrogen-bond acceptors (Lipinski definition) is 4. The SMILES string of the molecule is c1ccc(OP(CCCP(Oc2ccccc2)Oc2ccccc2)Oc2ccccc2)cc1. The molecule has 0 unspecified atom stereocenters. The van der Waals surface area contributed by atoms with E-state index in [2.05, 4.69) is 0 Å². The molecule has 0 amide bonds. The van der Waals surface area contributed by atoms with E-state index < -0.39 is 16.8 Å². The molecule has 0 bridgehead atoms. The summed E-state index contributed by atoms with van der Waals surface area (Å²) < 4.78 is 24.8. The summed E-state index contributed by atoms with van der Waals surface area (Å²) in [5, 5.41) is 0. The third kappa shape index (κ3) is 8.09. The van der Waals surface area contributed by atoms with E-state index in [9.17, 15) is 0 Å². The Morgan fingerprint density at radius 3 is 0.848 bits per heavy atom. The van der Waals surface area contributed by atoms with Crippen LogP contribution in [0.15, 0.2) is 121 Å². The highest BCUT2D eigenvalue weighted by atomic mass is 31.2. The van der Waals surface area contributed by atoms with Crippen LogP contribution < -0.4 is 18.1 Å². The quantitative estimate of drug-likeness (QED) is 0.193. The second-order valence-corrected chi connectivity index (χ2v) is 10.0. The Morgan fingerprint density at radius 1 is 0.364 bits per heavy atom. The van der Waals surface area contributed by atoms with Crippen LogP contribution >= 0.6 is 16.8 Å². The van der Waals surface area contributed by atoms with Gasteiger partial charge in [-0.25, -0.2) is 0 Å². The zero-order valence-electron chi connectivity index (χ0n) is 18.2. The molecular weight excluding hydrogens is 450 g/mol. The van der Waals surface area contributed by atoms with Crippen LogP contribution in [0.4, 0.5) is 0 Å². The molecule has 4 rings (SSSR count). The molecule has 0 N–H and O–H groups in total. The lowest BCUT2D eigenvalue weighted by atomic mass is 10.3. The first-order valence-corrected chi connectivity index (χ1v) is 13.5. The Kier molecular flexibility index (Phi) is 8.99. The Hall–Kier alpha value is -3.06. The van der Waals surface area contributed by atoms with Crippen molar-refractivity contribution in [1.29, 1.82) is 0 Å². The van der Waals surface area contributed by atoms with Gasteiger partial charge in [0.05, 0.1) is 0 Å². The van der Waals surface area contributed by atoms with E-state index in [0.29, 0.717) is 0 Å². The Balaban J connectivity index is 1.40. The fourth-order valence-electron chi connectivity index (χ4n) is 2.94. The first kappa shape index (κ1) is 23.1. The van der Waals surface area contributed by atoms with Gasteiger partial charge in [-0.2, -0.15) is 0 Å². The van der Waals surface area contributed by atoms with E-state index in [1.807, 2.05) is 121 Å². The van der Waals surface area contributed by atoms with Crippen LogP contribution in [0.3, 0.4) is 0 Å². The molecule has 0 aliphatic rings. The number of hydrogen-bond donors (Lipinski definition) is 0. The van der Waals surface area contributed by atoms with Crippen LogP contribution in [0.5, 0.6) is 23.0 Å². The van der Waals surface area contributed by atoms with Crippen molar-refractivity contribution in [1.82, 2.24) is 0 Å². The lowest BCUT2D eigenvalue weighted by molar-refractivity contribution is 0.481. The molecule has 0 radical (unpaired) electrons. The van der Waals surface area contributed by atoms with Crippen molar-refractivity contribution < 1.29 is 18.1 Å². The molecule has 6 heteroatoms. The topological polar surface area (TPSA) is 36.9 Å². The van der Waals surface area contributed by atoms with Crippen LogP contribution in [-0.2, 0) is 0 Å². The van der Waals surface area contributed by atoms with E-state index in [1.165, 1.54) is 0 Å². The van der Waals surface area contributed by atoms with Gasteiger partial charge in [-0.15, -0.1) is 0 Å². The van der Waals surface area contributed by atoms with Crippen LogP contribution in [0.2, 0.25) is 0 Å². The van der Waals surface area contributed by atoms with Crippen molar-refractivity contribution >= 4 is 16.8 Å². The maximum atomic E-state index is 6.20. The summed E-state index contributed by atoms with van der Waals surface area (Å²) in [6.07, 6.45) is 2.36. The summed E-state index contributed by atoms with van der Waals surface area (Å²) in [6.45, 7) is 0. The average Bonchev–Trinajstić information content (AvgIpc) is 2.86. The van der Waals surface area contributed by atoms with Gasteiger partial charge in [-0.05, 0) is 55.0 Å². The van der Waals surface area contributed by atoms with E-state index in [4.69, 9.17) is 18.1 Å². The van der Waals surface area contributed by atoms with Crippen LogP contribution in [0.25, 0.3) is 0 Å². The highest BCUT2D eigenvalue weighted by Gasteiger charge is 2.20. The maximum absolute atomic E-state index is 6.20. The standard InChI is InChI=1S/C27H26O4P2/c1-5-14-24(15-6-1)28-32(29-25-16-7-2-8-17-25)22-13-23-33(30-26-18-9-3-10-19-26)31-27-20-11-4-12-21-27/h1-12,14-21H,13,22-23H2. The summed E-state index contributed by atoms with van der Waals surface area (Å²) in [7, 11) is -2.33. The number of rotatable bonds is 12. The van der Waals surface area contributed by atoms with E-state index in [1.54, 1.807) is 0 Å². The minimum absolute atomic E-state index is 0.758. The molecule has 4 nitrogen and oxygen atoms in total. The summed E-state index contributed by atoms with van der Waals surface area (Å²) in [6, 6.07) is 39.2. The maximum Gasteiger partial charge on any atom is 0.290 e. The highest BCUT2D eigenvalue weighted by Crippen LogP contribution is 2.45. The predicted molar refractivity (Wildman–Crippen MR) is 136 cm³/mol. The van der Waals surface area contributed by atoms with Crippen molar-refractivity contribution in [3.05, 3.63) is 121 Å². The van der Waals surface area contributed by atoms with Gasteiger partial charge in [0.25, 0.3) is 16.8 Å². The predicted octanol–water partition coefficient (Wildman–Crippen LogP) is 8.32. The molecule has 0 aromatic heterocycles. The number of benzene rings is 4. The molecule has 0 fully saturated rings. The zero-order chi connectivity index (χ0) is 22.6. The molecule has 0 saturated carbocycles. The Labute approximate surface area is 197 Å². The van der Waals surface area contributed by atoms with Gasteiger partial charge in [0.2, 0.25) is 0 Å². The van der Waals surface area contributed by atoms with E-state index >= 15 is 0 Å². The van der Waals surface area contributed by atoms with Crippen LogP contribution in [-0.4, -0.2) is 12.3 Å². The molecule has 0 spiro atoms. The van der Waals surface area contributed by atoms with Gasteiger partial charge in [-0.3, -0.25) is 0 Å². The first-order chi connectivity index (χ1) is 16.3. The van der Waals surface area contributed by atoms with Crippen molar-refractivity contribution in [2.45, 2.75) is 6.42 Å². The largest absolute Gasteiger partial charge is 0.439 e. The molecular formula is C27H26O4P2. The first-order valence-electron chi connectivity index (χ1n) is 10.8. The fourth-order valence-corrected chi connectivity index (χ4v) is 5.89. The molecule has 4 aromatic rings. The second-order valence-electron chi connectivity index (χ2n) is 7.08. The molecule has 168 valence electrons. The average molecular weight is 476 g/mol. The fraction of sp³-hybridized carbons (Fsp3) is 0.111. The van der Waals surface area contributed by atoms with Gasteiger partial charge in [-0.1, -0.05) is 72.8 Å². The monoisotopic (exact) mass is 476 g/mol. The highest BCUT2D eigenvalue weighted by molar-refractivity contribution is 7.49. The molecule has 4 aromatic carbocycles. The lowest BCUT2D eigenvalue weighted by Gasteiger charge is -2.21. The summed E-state index contributed by atoms with van der Waals surface area (Å²) in [4.78, 5) is 0. The van der Waals surface area contributed by atoms with E-state index in [-0.39, 0.29) is 0 Å². The number of para-hydroxylation sites is 4. The third-order valence-electron chi connectivity index (χ3n) is 4.48. The van der Waals surface area contributed by atoms with Crippen molar-refractivity contribution in [2.75, 3.05) is 12.3 Å². The van der Waals surface area contributed by atoms with Gasteiger partial charge < -0.3 is 18.1 Å². The summed E-state index contributed by atoms with van der Waals surface area (Å²) in [5.41, 5.74) is 0. The van der Waals surface area contributed by atoms with Crippen molar-refractivity contribution in [3.63, 3.8) is 0 Å². The van der Waals surface area contributed by atoms with Crippen molar-refractivity contribution in [2.24, 2.45) is 0 Å². The van der Waals surface area contributed by atoms with Gasteiger partial charge in [0.15, 0.2) is 0 Å². The zero-order valence-corrected chi connectivity index (χ0v) is 20.0. The Morgan fingerprint density at radius 2 is 0.606 bits per heavy atom. The summed E-state index contributed by atoms with van der Waals surface area (Å²) >= 11 is 0. The van der Waals surface area contributed by atoms with E-state index in [0.717, 1.165) is 41.7 Å². The molecule has 33 heavy (non-hydrogen) atoms.